The van der Waals surface area contributed by atoms with Gasteiger partial charge in [0.25, 0.3) is 5.91 Å². The van der Waals surface area contributed by atoms with Gasteiger partial charge in [0.2, 0.25) is 0 Å². The number of anilines is 1. The summed E-state index contributed by atoms with van der Waals surface area (Å²) in [7, 11) is 1.66. The normalized spacial score (nSPS) is 15.7. The van der Waals surface area contributed by atoms with Gasteiger partial charge in [-0.25, -0.2) is 0 Å². The van der Waals surface area contributed by atoms with Crippen LogP contribution in [0.4, 0.5) is 5.69 Å². The molecule has 0 saturated carbocycles. The molecule has 4 rings (SSSR count). The van der Waals surface area contributed by atoms with Crippen molar-refractivity contribution < 1.29 is 14.3 Å². The third kappa shape index (κ3) is 3.85. The number of hydrogen-bond donors (Lipinski definition) is 1. The lowest BCUT2D eigenvalue weighted by Crippen LogP contribution is -2.43. The van der Waals surface area contributed by atoms with Crippen LogP contribution in [0.25, 0.3) is 10.8 Å². The molecule has 0 radical (unpaired) electrons. The monoisotopic (exact) mass is 404 g/mol. The van der Waals surface area contributed by atoms with E-state index in [1.54, 1.807) is 7.11 Å². The second-order valence-corrected chi connectivity index (χ2v) is 7.48. The van der Waals surface area contributed by atoms with Gasteiger partial charge in [-0.15, -0.1) is 0 Å². The molecule has 0 bridgehead atoms. The van der Waals surface area contributed by atoms with Crippen LogP contribution in [-0.4, -0.2) is 37.7 Å². The number of amides is 1. The summed E-state index contributed by atoms with van der Waals surface area (Å²) in [5, 5.41) is 5.82. The fraction of sp³-hybridized carbons (Fsp3) is 0.320. The standard InChI is InChI=1S/C25H28N2O3/c1-3-4-15-27-24(26-21-12-8-7-11-20(21)25(27)28)23-19-10-6-5-9-18(19)13-14-22(23)30-17-16-29-2/h5-14,24,26H,3-4,15-17H2,1-2H3. The Hall–Kier alpha value is -3.05. The van der Waals surface area contributed by atoms with Gasteiger partial charge in [-0.05, 0) is 35.4 Å². The second kappa shape index (κ2) is 9.18. The molecule has 1 amide bonds. The number of benzene rings is 3. The number of unbranched alkanes of at least 4 members (excludes halogenated alkanes) is 1. The smallest absolute Gasteiger partial charge is 0.257 e. The van der Waals surface area contributed by atoms with E-state index in [9.17, 15) is 4.79 Å². The Morgan fingerprint density at radius 2 is 1.80 bits per heavy atom. The Morgan fingerprint density at radius 3 is 2.63 bits per heavy atom. The van der Waals surface area contributed by atoms with Gasteiger partial charge in [-0.1, -0.05) is 55.8 Å². The predicted molar refractivity (Wildman–Crippen MR) is 120 cm³/mol. The molecule has 0 saturated heterocycles. The number of rotatable bonds is 8. The maximum absolute atomic E-state index is 13.4. The zero-order valence-corrected chi connectivity index (χ0v) is 17.6. The molecule has 156 valence electrons. The van der Waals surface area contributed by atoms with Crippen molar-refractivity contribution in [2.75, 3.05) is 32.2 Å². The van der Waals surface area contributed by atoms with Crippen molar-refractivity contribution >= 4 is 22.4 Å². The summed E-state index contributed by atoms with van der Waals surface area (Å²) in [6.07, 6.45) is 1.66. The van der Waals surface area contributed by atoms with Crippen LogP contribution in [0.3, 0.4) is 0 Å². The molecule has 0 fully saturated rings. The molecule has 0 spiro atoms. The molecule has 0 aliphatic carbocycles. The highest BCUT2D eigenvalue weighted by atomic mass is 16.5. The van der Waals surface area contributed by atoms with E-state index in [1.807, 2.05) is 47.4 Å². The van der Waals surface area contributed by atoms with Crippen molar-refractivity contribution in [3.63, 3.8) is 0 Å². The Kier molecular flexibility index (Phi) is 6.19. The first-order valence-electron chi connectivity index (χ1n) is 10.5. The first-order valence-corrected chi connectivity index (χ1v) is 10.5. The summed E-state index contributed by atoms with van der Waals surface area (Å²) in [6, 6.07) is 20.0. The number of para-hydroxylation sites is 1. The minimum Gasteiger partial charge on any atom is -0.491 e. The van der Waals surface area contributed by atoms with Gasteiger partial charge in [-0.2, -0.15) is 0 Å². The van der Waals surface area contributed by atoms with Crippen LogP contribution in [0.15, 0.2) is 60.7 Å². The minimum atomic E-state index is -0.303. The molecule has 5 heteroatoms. The van der Waals surface area contributed by atoms with E-state index in [0.29, 0.717) is 25.3 Å². The highest BCUT2D eigenvalue weighted by molar-refractivity contribution is 6.02. The molecular formula is C25H28N2O3. The number of carbonyl (C=O) groups excluding carboxylic acids is 1. The molecule has 5 nitrogen and oxygen atoms in total. The van der Waals surface area contributed by atoms with Crippen molar-refractivity contribution in [2.45, 2.75) is 25.9 Å². The lowest BCUT2D eigenvalue weighted by Gasteiger charge is -2.39. The maximum Gasteiger partial charge on any atom is 0.257 e. The van der Waals surface area contributed by atoms with E-state index in [2.05, 4.69) is 30.4 Å². The molecular weight excluding hydrogens is 376 g/mol. The molecule has 3 aromatic carbocycles. The zero-order valence-electron chi connectivity index (χ0n) is 17.6. The Bertz CT molecular complexity index is 1030. The van der Waals surface area contributed by atoms with Crippen LogP contribution < -0.4 is 10.1 Å². The van der Waals surface area contributed by atoms with E-state index < -0.39 is 0 Å². The molecule has 3 aromatic rings. The van der Waals surface area contributed by atoms with E-state index in [-0.39, 0.29) is 12.1 Å². The van der Waals surface area contributed by atoms with Crippen molar-refractivity contribution in [3.05, 3.63) is 71.8 Å². The highest BCUT2D eigenvalue weighted by Gasteiger charge is 2.35. The summed E-state index contributed by atoms with van der Waals surface area (Å²) in [6.45, 7) is 3.78. The SMILES string of the molecule is CCCCN1C(=O)c2ccccc2NC1c1c(OCCOC)ccc2ccccc12. The average molecular weight is 405 g/mol. The summed E-state index contributed by atoms with van der Waals surface area (Å²) in [5.41, 5.74) is 2.56. The first kappa shape index (κ1) is 20.2. The zero-order chi connectivity index (χ0) is 20.9. The lowest BCUT2D eigenvalue weighted by molar-refractivity contribution is 0.0677. The fourth-order valence-electron chi connectivity index (χ4n) is 4.00. The third-order valence-electron chi connectivity index (χ3n) is 5.52. The average Bonchev–Trinajstić information content (AvgIpc) is 2.78. The van der Waals surface area contributed by atoms with E-state index >= 15 is 0 Å². The Balaban J connectivity index is 1.85. The van der Waals surface area contributed by atoms with Crippen molar-refractivity contribution in [3.8, 4) is 5.75 Å². The van der Waals surface area contributed by atoms with E-state index in [0.717, 1.165) is 40.6 Å². The Labute approximate surface area is 177 Å². The molecule has 1 atom stereocenters. The van der Waals surface area contributed by atoms with Gasteiger partial charge < -0.3 is 19.7 Å². The Morgan fingerprint density at radius 1 is 1.00 bits per heavy atom. The largest absolute Gasteiger partial charge is 0.491 e. The lowest BCUT2D eigenvalue weighted by atomic mass is 9.97. The van der Waals surface area contributed by atoms with Gasteiger partial charge in [-0.3, -0.25) is 4.79 Å². The van der Waals surface area contributed by atoms with Crippen LogP contribution in [0.5, 0.6) is 5.75 Å². The summed E-state index contributed by atoms with van der Waals surface area (Å²) in [5.74, 6) is 0.829. The number of carbonyl (C=O) groups is 1. The molecule has 1 unspecified atom stereocenters. The number of methoxy groups -OCH3 is 1. The molecule has 1 heterocycles. The van der Waals surface area contributed by atoms with Gasteiger partial charge in [0.1, 0.15) is 18.5 Å². The van der Waals surface area contributed by atoms with Crippen LogP contribution in [-0.2, 0) is 4.74 Å². The maximum atomic E-state index is 13.4. The highest BCUT2D eigenvalue weighted by Crippen LogP contribution is 2.40. The van der Waals surface area contributed by atoms with Gasteiger partial charge in [0, 0.05) is 24.9 Å². The van der Waals surface area contributed by atoms with Crippen molar-refractivity contribution in [2.24, 2.45) is 0 Å². The quantitative estimate of drug-likeness (QED) is 0.522. The number of fused-ring (bicyclic) bond motifs is 2. The number of hydrogen-bond acceptors (Lipinski definition) is 4. The topological polar surface area (TPSA) is 50.8 Å². The van der Waals surface area contributed by atoms with Gasteiger partial charge >= 0.3 is 0 Å². The van der Waals surface area contributed by atoms with Gasteiger partial charge in [0.05, 0.1) is 12.2 Å². The molecule has 1 N–H and O–H groups in total. The molecule has 1 aliphatic rings. The van der Waals surface area contributed by atoms with Crippen molar-refractivity contribution in [1.82, 2.24) is 4.90 Å². The number of nitrogens with one attached hydrogen (secondary N) is 1. The summed E-state index contributed by atoms with van der Waals surface area (Å²) in [4.78, 5) is 15.4. The van der Waals surface area contributed by atoms with Gasteiger partial charge in [0.15, 0.2) is 0 Å². The predicted octanol–water partition coefficient (Wildman–Crippen LogP) is 5.23. The number of nitrogens with zero attached hydrogens (tertiary/aromatic N) is 1. The van der Waals surface area contributed by atoms with E-state index in [1.165, 1.54) is 0 Å². The third-order valence-corrected chi connectivity index (χ3v) is 5.52. The van der Waals surface area contributed by atoms with Crippen LogP contribution in [0.2, 0.25) is 0 Å². The van der Waals surface area contributed by atoms with Crippen LogP contribution in [0.1, 0.15) is 41.9 Å². The summed E-state index contributed by atoms with van der Waals surface area (Å²) >= 11 is 0. The second-order valence-electron chi connectivity index (χ2n) is 7.48. The molecule has 0 aromatic heterocycles. The number of ether oxygens (including phenoxy) is 2. The molecule has 1 aliphatic heterocycles. The van der Waals surface area contributed by atoms with Crippen LogP contribution >= 0.6 is 0 Å². The van der Waals surface area contributed by atoms with Crippen molar-refractivity contribution in [1.29, 1.82) is 0 Å². The summed E-state index contributed by atoms with van der Waals surface area (Å²) < 4.78 is 11.3. The first-order chi connectivity index (χ1) is 14.7. The molecule has 30 heavy (non-hydrogen) atoms. The van der Waals surface area contributed by atoms with E-state index in [4.69, 9.17) is 9.47 Å². The fourth-order valence-corrected chi connectivity index (χ4v) is 4.00. The van der Waals surface area contributed by atoms with Crippen LogP contribution in [0, 0.1) is 0 Å². The minimum absolute atomic E-state index is 0.0542.